The van der Waals surface area contributed by atoms with Gasteiger partial charge in [-0.15, -0.1) is 17.9 Å². The molecular weight excluding hydrogens is 399 g/mol. The summed E-state index contributed by atoms with van der Waals surface area (Å²) in [4.78, 5) is 17.3. The van der Waals surface area contributed by atoms with Gasteiger partial charge < -0.3 is 9.30 Å². The summed E-state index contributed by atoms with van der Waals surface area (Å²) in [5.74, 6) is 0.332. The minimum Gasteiger partial charge on any atom is -0.492 e. The molecule has 4 nitrogen and oxygen atoms in total. The fraction of sp³-hybridized carbons (Fsp3) is 0.176. The van der Waals surface area contributed by atoms with Gasteiger partial charge in [0.15, 0.2) is 4.80 Å². The molecule has 0 aliphatic rings. The molecule has 0 spiro atoms. The number of thiazole rings is 1. The topological polar surface area (TPSA) is 43.6 Å². The lowest BCUT2D eigenvalue weighted by Crippen LogP contribution is -2.16. The Morgan fingerprint density at radius 3 is 2.84 bits per heavy atom. The number of thiophene rings is 1. The van der Waals surface area contributed by atoms with Crippen LogP contribution in [0.15, 0.2) is 41.9 Å². The number of carbonyl (C=O) groups excluding carboxylic acids is 1. The highest BCUT2D eigenvalue weighted by Gasteiger charge is 2.16. The van der Waals surface area contributed by atoms with Crippen molar-refractivity contribution in [1.82, 2.24) is 4.57 Å². The molecule has 0 bridgehead atoms. The number of para-hydroxylation sites is 1. The number of fused-ring (bicyclic) bond motifs is 1. The molecule has 0 N–H and O–H groups in total. The van der Waals surface area contributed by atoms with Crippen molar-refractivity contribution in [2.24, 2.45) is 4.99 Å². The summed E-state index contributed by atoms with van der Waals surface area (Å²) >= 11 is 14.5. The standard InChI is InChI=1S/C17H14Cl2N2O2S2/c1-3-8-21-14-11(23-4-2)6-5-7-12(14)24-17(21)20-16(22)10-9-13(18)25-15(10)19/h3,5-7,9H,1,4,8H2,2H3. The summed E-state index contributed by atoms with van der Waals surface area (Å²) in [5.41, 5.74) is 1.21. The van der Waals surface area contributed by atoms with Crippen LogP contribution in [0.5, 0.6) is 5.75 Å². The average Bonchev–Trinajstić information content (AvgIpc) is 3.09. The van der Waals surface area contributed by atoms with Crippen LogP contribution in [0.2, 0.25) is 8.67 Å². The van der Waals surface area contributed by atoms with Gasteiger partial charge in [0, 0.05) is 6.54 Å². The highest BCUT2D eigenvalue weighted by Crippen LogP contribution is 2.32. The molecular formula is C17H14Cl2N2O2S2. The first kappa shape index (κ1) is 18.2. The molecule has 2 aromatic heterocycles. The van der Waals surface area contributed by atoms with E-state index in [1.54, 1.807) is 6.08 Å². The molecule has 1 aromatic carbocycles. The Morgan fingerprint density at radius 1 is 1.40 bits per heavy atom. The van der Waals surface area contributed by atoms with Gasteiger partial charge >= 0.3 is 0 Å². The molecule has 25 heavy (non-hydrogen) atoms. The van der Waals surface area contributed by atoms with Crippen molar-refractivity contribution in [3.05, 3.63) is 56.0 Å². The van der Waals surface area contributed by atoms with Gasteiger partial charge in [-0.05, 0) is 25.1 Å². The van der Waals surface area contributed by atoms with Crippen LogP contribution >= 0.6 is 45.9 Å². The van der Waals surface area contributed by atoms with Crippen LogP contribution in [-0.2, 0) is 6.54 Å². The first-order valence-corrected chi connectivity index (χ1v) is 9.84. The zero-order valence-corrected chi connectivity index (χ0v) is 16.4. The maximum Gasteiger partial charge on any atom is 0.282 e. The van der Waals surface area contributed by atoms with E-state index in [4.69, 9.17) is 27.9 Å². The van der Waals surface area contributed by atoms with Gasteiger partial charge in [-0.3, -0.25) is 4.79 Å². The fourth-order valence-corrected chi connectivity index (χ4v) is 4.89. The number of aromatic nitrogens is 1. The Bertz CT molecular complexity index is 1020. The lowest BCUT2D eigenvalue weighted by Gasteiger charge is -2.07. The van der Waals surface area contributed by atoms with Crippen molar-refractivity contribution in [3.63, 3.8) is 0 Å². The fourth-order valence-electron chi connectivity index (χ4n) is 2.39. The molecule has 8 heteroatoms. The molecule has 2 heterocycles. The molecule has 0 fully saturated rings. The van der Waals surface area contributed by atoms with Crippen molar-refractivity contribution in [1.29, 1.82) is 0 Å². The Kier molecular flexibility index (Phi) is 5.64. The number of rotatable bonds is 5. The van der Waals surface area contributed by atoms with E-state index in [9.17, 15) is 4.79 Å². The van der Waals surface area contributed by atoms with Gasteiger partial charge in [0.2, 0.25) is 0 Å². The number of hydrogen-bond acceptors (Lipinski definition) is 4. The number of nitrogens with zero attached hydrogens (tertiary/aromatic N) is 2. The summed E-state index contributed by atoms with van der Waals surface area (Å²) < 4.78 is 9.41. The zero-order chi connectivity index (χ0) is 18.0. The second kappa shape index (κ2) is 7.74. The SMILES string of the molecule is C=CCn1c(=NC(=O)c2cc(Cl)sc2Cl)sc2cccc(OCC)c21. The van der Waals surface area contributed by atoms with E-state index in [0.717, 1.165) is 27.3 Å². The van der Waals surface area contributed by atoms with Crippen LogP contribution in [0.25, 0.3) is 10.2 Å². The number of hydrogen-bond donors (Lipinski definition) is 0. The summed E-state index contributed by atoms with van der Waals surface area (Å²) in [6.45, 7) is 6.79. The van der Waals surface area contributed by atoms with Crippen LogP contribution in [0, 0.1) is 0 Å². The highest BCUT2D eigenvalue weighted by molar-refractivity contribution is 7.20. The van der Waals surface area contributed by atoms with E-state index < -0.39 is 5.91 Å². The Hall–Kier alpha value is -1.60. The van der Waals surface area contributed by atoms with Crippen LogP contribution in [0.1, 0.15) is 17.3 Å². The van der Waals surface area contributed by atoms with E-state index in [0.29, 0.717) is 32.2 Å². The van der Waals surface area contributed by atoms with E-state index in [-0.39, 0.29) is 0 Å². The maximum atomic E-state index is 12.5. The second-order valence-corrected chi connectivity index (χ2v) is 8.27. The largest absolute Gasteiger partial charge is 0.492 e. The first-order chi connectivity index (χ1) is 12.0. The van der Waals surface area contributed by atoms with Crippen molar-refractivity contribution in [2.45, 2.75) is 13.5 Å². The van der Waals surface area contributed by atoms with Crippen LogP contribution < -0.4 is 9.54 Å². The molecule has 0 atom stereocenters. The number of amides is 1. The summed E-state index contributed by atoms with van der Waals surface area (Å²) in [7, 11) is 0. The van der Waals surface area contributed by atoms with Crippen LogP contribution in [0.4, 0.5) is 0 Å². The number of halogens is 2. The van der Waals surface area contributed by atoms with E-state index in [2.05, 4.69) is 11.6 Å². The third-order valence-corrected chi connectivity index (χ3v) is 5.89. The van der Waals surface area contributed by atoms with Gasteiger partial charge in [-0.2, -0.15) is 4.99 Å². The minimum atomic E-state index is -0.421. The third kappa shape index (κ3) is 3.67. The molecule has 130 valence electrons. The monoisotopic (exact) mass is 412 g/mol. The maximum absolute atomic E-state index is 12.5. The van der Waals surface area contributed by atoms with Gasteiger partial charge in [0.1, 0.15) is 15.6 Å². The molecule has 1 amide bonds. The molecule has 0 aliphatic heterocycles. The smallest absolute Gasteiger partial charge is 0.282 e. The average molecular weight is 413 g/mol. The van der Waals surface area contributed by atoms with Gasteiger partial charge in [0.05, 0.1) is 21.2 Å². The predicted octanol–water partition coefficient (Wildman–Crippen LogP) is 5.40. The Labute approximate surface area is 162 Å². The van der Waals surface area contributed by atoms with Gasteiger partial charge in [-0.25, -0.2) is 0 Å². The normalized spacial score (nSPS) is 11.9. The van der Waals surface area contributed by atoms with Crippen molar-refractivity contribution in [3.8, 4) is 5.75 Å². The van der Waals surface area contributed by atoms with Crippen molar-refractivity contribution < 1.29 is 9.53 Å². The zero-order valence-electron chi connectivity index (χ0n) is 13.3. The van der Waals surface area contributed by atoms with E-state index in [1.807, 2.05) is 29.7 Å². The van der Waals surface area contributed by atoms with Gasteiger partial charge in [-0.1, -0.05) is 46.7 Å². The first-order valence-electron chi connectivity index (χ1n) is 7.45. The number of benzene rings is 1. The van der Waals surface area contributed by atoms with Crippen LogP contribution in [-0.4, -0.2) is 17.1 Å². The Morgan fingerprint density at radius 2 is 2.20 bits per heavy atom. The molecule has 3 aromatic rings. The molecule has 0 saturated heterocycles. The predicted molar refractivity (Wildman–Crippen MR) is 105 cm³/mol. The minimum absolute atomic E-state index is 0.310. The number of carbonyl (C=O) groups is 1. The van der Waals surface area contributed by atoms with E-state index >= 15 is 0 Å². The summed E-state index contributed by atoms with van der Waals surface area (Å²) in [6.07, 6.45) is 1.76. The molecule has 0 aliphatic carbocycles. The van der Waals surface area contributed by atoms with E-state index in [1.165, 1.54) is 17.4 Å². The highest BCUT2D eigenvalue weighted by atomic mass is 35.5. The lowest BCUT2D eigenvalue weighted by atomic mass is 10.3. The van der Waals surface area contributed by atoms with Gasteiger partial charge in [0.25, 0.3) is 5.91 Å². The quantitative estimate of drug-likeness (QED) is 0.526. The molecule has 0 unspecified atom stereocenters. The molecule has 0 saturated carbocycles. The Balaban J connectivity index is 2.19. The third-order valence-electron chi connectivity index (χ3n) is 3.36. The second-order valence-electron chi connectivity index (χ2n) is 4.97. The van der Waals surface area contributed by atoms with Crippen LogP contribution in [0.3, 0.4) is 0 Å². The number of allylic oxidation sites excluding steroid dienone is 1. The number of ether oxygens (including phenoxy) is 1. The van der Waals surface area contributed by atoms with Crippen molar-refractivity contribution >= 4 is 62.0 Å². The molecule has 3 rings (SSSR count). The lowest BCUT2D eigenvalue weighted by molar-refractivity contribution is 0.0998. The summed E-state index contributed by atoms with van der Waals surface area (Å²) in [5, 5.41) is 0. The summed E-state index contributed by atoms with van der Waals surface area (Å²) in [6, 6.07) is 7.33. The molecule has 0 radical (unpaired) electrons. The van der Waals surface area contributed by atoms with Crippen molar-refractivity contribution in [2.75, 3.05) is 6.61 Å².